The molecule has 2 atom stereocenters. The van der Waals surface area contributed by atoms with E-state index in [2.05, 4.69) is 6.92 Å². The number of quaternary nitrogens is 1. The van der Waals surface area contributed by atoms with Gasteiger partial charge < -0.3 is 18.8 Å². The lowest BCUT2D eigenvalue weighted by molar-refractivity contribution is -0.877. The Balaban J connectivity index is 2.93. The van der Waals surface area contributed by atoms with Gasteiger partial charge in [0.2, 0.25) is 0 Å². The number of rotatable bonds is 13. The molecule has 0 aliphatic rings. The van der Waals surface area contributed by atoms with Crippen LogP contribution in [0.5, 0.6) is 0 Å². The maximum Gasteiger partial charge on any atom is 0.266 e. The Bertz CT molecular complexity index is 553. The van der Waals surface area contributed by atoms with Crippen LogP contribution >= 0.6 is 7.82 Å². The maximum atomic E-state index is 11.7. The molecule has 0 amide bonds. The van der Waals surface area contributed by atoms with Crippen LogP contribution < -0.4 is 4.89 Å². The van der Waals surface area contributed by atoms with Crippen LogP contribution in [0.3, 0.4) is 0 Å². The van der Waals surface area contributed by atoms with Gasteiger partial charge in [-0.2, -0.15) is 0 Å². The van der Waals surface area contributed by atoms with Crippen LogP contribution in [0.4, 0.5) is 0 Å². The van der Waals surface area contributed by atoms with Crippen molar-refractivity contribution in [1.82, 2.24) is 0 Å². The van der Waals surface area contributed by atoms with Crippen LogP contribution in [0.2, 0.25) is 0 Å². The van der Waals surface area contributed by atoms with Crippen LogP contribution in [0.25, 0.3) is 0 Å². The molecule has 1 N–H and O–H groups in total. The molecule has 0 spiro atoms. The molecular weight excluding hydrogens is 349 g/mol. The molecule has 0 fully saturated rings. The van der Waals surface area contributed by atoms with E-state index in [1.165, 1.54) is 25.7 Å². The average Bonchev–Trinajstić information content (AvgIpc) is 2.51. The van der Waals surface area contributed by atoms with Crippen molar-refractivity contribution in [3.05, 3.63) is 35.9 Å². The molecule has 5 nitrogen and oxygen atoms in total. The van der Waals surface area contributed by atoms with Gasteiger partial charge in [-0.25, -0.2) is 0 Å². The van der Waals surface area contributed by atoms with Crippen molar-refractivity contribution in [1.29, 1.82) is 0 Å². The van der Waals surface area contributed by atoms with Crippen LogP contribution in [0.1, 0.15) is 63.9 Å². The van der Waals surface area contributed by atoms with Crippen molar-refractivity contribution in [2.24, 2.45) is 0 Å². The van der Waals surface area contributed by atoms with Gasteiger partial charge in [0.15, 0.2) is 5.60 Å². The van der Waals surface area contributed by atoms with Crippen molar-refractivity contribution in [2.75, 3.05) is 27.7 Å². The predicted molar refractivity (Wildman–Crippen MR) is 105 cm³/mol. The standard InChI is InChI=1S/C20H36NO4P/c1-5-6-7-8-9-10-14-17-20(18-21(2,3)4,25-26(22,23)24)19-15-12-11-13-16-19/h11-13,15-16H,5-10,14,17-18H2,1-4H3,(H-,22,23,24). The summed E-state index contributed by atoms with van der Waals surface area (Å²) < 4.78 is 17.6. The number of phosphoric ester groups is 1. The van der Waals surface area contributed by atoms with Crippen molar-refractivity contribution >= 4 is 7.82 Å². The van der Waals surface area contributed by atoms with Crippen LogP contribution in [0, 0.1) is 0 Å². The molecule has 1 rings (SSSR count). The smallest absolute Gasteiger partial charge is 0.266 e. The Morgan fingerprint density at radius 2 is 1.58 bits per heavy atom. The van der Waals surface area contributed by atoms with Crippen molar-refractivity contribution in [3.63, 3.8) is 0 Å². The molecule has 0 aliphatic carbocycles. The summed E-state index contributed by atoms with van der Waals surface area (Å²) in [5.41, 5.74) is -0.251. The highest BCUT2D eigenvalue weighted by atomic mass is 31.2. The lowest BCUT2D eigenvalue weighted by Crippen LogP contribution is -2.49. The summed E-state index contributed by atoms with van der Waals surface area (Å²) in [6.45, 7) is 2.66. The van der Waals surface area contributed by atoms with Crippen molar-refractivity contribution in [3.8, 4) is 0 Å². The van der Waals surface area contributed by atoms with Gasteiger partial charge in [-0.05, 0) is 18.4 Å². The highest BCUT2D eigenvalue weighted by Crippen LogP contribution is 2.46. The number of unbranched alkanes of at least 4 members (excludes halogenated alkanes) is 6. The molecule has 0 aromatic heterocycles. The van der Waals surface area contributed by atoms with Crippen molar-refractivity contribution < 1.29 is 23.4 Å². The van der Waals surface area contributed by atoms with Gasteiger partial charge in [-0.1, -0.05) is 75.8 Å². The Kier molecular flexibility index (Phi) is 9.49. The second kappa shape index (κ2) is 10.6. The Morgan fingerprint density at radius 1 is 1.04 bits per heavy atom. The number of benzene rings is 1. The van der Waals surface area contributed by atoms with Gasteiger partial charge >= 0.3 is 0 Å². The van der Waals surface area contributed by atoms with E-state index < -0.39 is 13.4 Å². The minimum absolute atomic E-state index is 0.458. The quantitative estimate of drug-likeness (QED) is 0.314. The SMILES string of the molecule is CCCCCCCCCC(C[N+](C)(C)C)(OP(=O)([O-])O)c1ccccc1. The van der Waals surface area contributed by atoms with Crippen molar-refractivity contribution in [2.45, 2.75) is 63.9 Å². The second-order valence-corrected chi connectivity index (χ2v) is 9.36. The average molecular weight is 385 g/mol. The number of nitrogens with zero attached hydrogens (tertiary/aromatic N) is 1. The largest absolute Gasteiger partial charge is 0.756 e. The van der Waals surface area contributed by atoms with Crippen LogP contribution in [-0.4, -0.2) is 37.1 Å². The molecule has 0 saturated heterocycles. The number of likely N-dealkylation sites (N-methyl/N-ethyl adjacent to an activating group) is 1. The Labute approximate surface area is 159 Å². The minimum atomic E-state index is -4.87. The summed E-state index contributed by atoms with van der Waals surface area (Å²) in [5, 5.41) is 0. The topological polar surface area (TPSA) is 69.6 Å². The molecule has 26 heavy (non-hydrogen) atoms. The van der Waals surface area contributed by atoms with E-state index >= 15 is 0 Å². The van der Waals surface area contributed by atoms with E-state index in [1.54, 1.807) is 0 Å². The molecule has 0 bridgehead atoms. The highest BCUT2D eigenvalue weighted by molar-refractivity contribution is 7.44. The second-order valence-electron chi connectivity index (χ2n) is 8.24. The van der Waals surface area contributed by atoms with E-state index in [1.807, 2.05) is 51.5 Å². The third-order valence-corrected chi connectivity index (χ3v) is 5.08. The predicted octanol–water partition coefficient (Wildman–Crippen LogP) is 4.21. The molecular formula is C20H36NO4P. The molecule has 0 radical (unpaired) electrons. The van der Waals surface area contributed by atoms with E-state index in [0.29, 0.717) is 17.4 Å². The van der Waals surface area contributed by atoms with Crippen LogP contribution in [-0.2, 0) is 14.7 Å². The van der Waals surface area contributed by atoms with Gasteiger partial charge in [0.25, 0.3) is 7.82 Å². The zero-order chi connectivity index (χ0) is 19.7. The number of hydrogen-bond acceptors (Lipinski definition) is 3. The van der Waals surface area contributed by atoms with E-state index in [4.69, 9.17) is 4.52 Å². The molecule has 2 unspecified atom stereocenters. The molecule has 0 aliphatic heterocycles. The fraction of sp³-hybridized carbons (Fsp3) is 0.700. The molecule has 1 aromatic rings. The molecule has 0 heterocycles. The third kappa shape index (κ3) is 9.29. The lowest BCUT2D eigenvalue weighted by atomic mass is 9.87. The first-order valence-corrected chi connectivity index (χ1v) is 11.2. The molecule has 0 saturated carbocycles. The maximum absolute atomic E-state index is 11.7. The fourth-order valence-electron chi connectivity index (χ4n) is 3.54. The van der Waals surface area contributed by atoms with Gasteiger partial charge in [-0.15, -0.1) is 0 Å². The zero-order valence-electron chi connectivity index (χ0n) is 16.8. The summed E-state index contributed by atoms with van der Waals surface area (Å²) in [5.74, 6) is 0. The summed E-state index contributed by atoms with van der Waals surface area (Å²) >= 11 is 0. The lowest BCUT2D eigenvalue weighted by Gasteiger charge is -2.41. The summed E-state index contributed by atoms with van der Waals surface area (Å²) in [7, 11) is 1.13. The van der Waals surface area contributed by atoms with E-state index in [0.717, 1.165) is 24.8 Å². The fourth-order valence-corrected chi connectivity index (χ4v) is 4.23. The zero-order valence-corrected chi connectivity index (χ0v) is 17.7. The summed E-state index contributed by atoms with van der Waals surface area (Å²) in [6, 6.07) is 9.41. The third-order valence-electron chi connectivity index (χ3n) is 4.50. The monoisotopic (exact) mass is 385 g/mol. The van der Waals surface area contributed by atoms with Gasteiger partial charge in [-0.3, -0.25) is 4.57 Å². The Morgan fingerprint density at radius 3 is 2.08 bits per heavy atom. The van der Waals surface area contributed by atoms with Crippen LogP contribution in [0.15, 0.2) is 30.3 Å². The minimum Gasteiger partial charge on any atom is -0.756 e. The summed E-state index contributed by atoms with van der Waals surface area (Å²) in [4.78, 5) is 21.1. The number of phosphoric acid groups is 1. The highest BCUT2D eigenvalue weighted by Gasteiger charge is 2.41. The number of hydrogen-bond donors (Lipinski definition) is 1. The first kappa shape index (κ1) is 23.3. The molecule has 6 heteroatoms. The first-order valence-electron chi connectivity index (χ1n) is 9.68. The van der Waals surface area contributed by atoms with Gasteiger partial charge in [0.05, 0.1) is 21.1 Å². The normalized spacial score (nSPS) is 16.8. The summed E-state index contributed by atoms with van der Waals surface area (Å²) in [6.07, 6.45) is 8.56. The molecule has 1 aromatic carbocycles. The van der Waals surface area contributed by atoms with E-state index in [-0.39, 0.29) is 0 Å². The van der Waals surface area contributed by atoms with Gasteiger partial charge in [0, 0.05) is 0 Å². The van der Waals surface area contributed by atoms with Gasteiger partial charge in [0.1, 0.15) is 6.54 Å². The Hall–Kier alpha value is -0.710. The molecule has 150 valence electrons. The first-order chi connectivity index (χ1) is 12.1. The van der Waals surface area contributed by atoms with E-state index in [9.17, 15) is 14.4 Å².